The van der Waals surface area contributed by atoms with Gasteiger partial charge in [-0.25, -0.2) is 0 Å². The molecule has 0 saturated carbocycles. The first-order valence-electron chi connectivity index (χ1n) is 5.28. The van der Waals surface area contributed by atoms with E-state index in [9.17, 15) is 0 Å². The van der Waals surface area contributed by atoms with Crippen LogP contribution in [0.1, 0.15) is 40.0 Å². The number of hydrogen-bond acceptors (Lipinski definition) is 0. The second-order valence-electron chi connectivity index (χ2n) is 4.23. The molecule has 0 aromatic rings. The standard InChI is InChI=1S/C14H20.CH4/c1-5-13-8-7-12(9-11(3)4)10-14(13)6-2;/h5-6,12H,1-3,7-10H2,4H3;1H4. The quantitative estimate of drug-likeness (QED) is 0.562. The number of allylic oxidation sites excluding steroid dienone is 5. The van der Waals surface area contributed by atoms with Crippen molar-refractivity contribution in [2.24, 2.45) is 5.92 Å². The Morgan fingerprint density at radius 2 is 1.93 bits per heavy atom. The maximum absolute atomic E-state index is 3.98. The molecule has 1 aliphatic rings. The molecule has 0 aliphatic heterocycles. The molecule has 1 aliphatic carbocycles. The summed E-state index contributed by atoms with van der Waals surface area (Å²) in [6.07, 6.45) is 8.70. The average molecular weight is 204 g/mol. The molecule has 0 spiro atoms. The summed E-state index contributed by atoms with van der Waals surface area (Å²) in [5, 5.41) is 0. The van der Waals surface area contributed by atoms with Crippen LogP contribution in [-0.4, -0.2) is 0 Å². The summed E-state index contributed by atoms with van der Waals surface area (Å²) in [6, 6.07) is 0. The van der Waals surface area contributed by atoms with Crippen LogP contribution in [0, 0.1) is 5.92 Å². The van der Waals surface area contributed by atoms with E-state index in [1.54, 1.807) is 0 Å². The minimum atomic E-state index is 0. The molecule has 1 atom stereocenters. The van der Waals surface area contributed by atoms with E-state index in [2.05, 4.69) is 26.7 Å². The van der Waals surface area contributed by atoms with Gasteiger partial charge in [0.05, 0.1) is 0 Å². The first kappa shape index (κ1) is 14.0. The van der Waals surface area contributed by atoms with E-state index in [1.807, 2.05) is 12.2 Å². The first-order valence-corrected chi connectivity index (χ1v) is 5.28. The predicted octanol–water partition coefficient (Wildman–Crippen LogP) is 5.06. The van der Waals surface area contributed by atoms with Crippen molar-refractivity contribution in [3.63, 3.8) is 0 Å². The molecule has 0 fully saturated rings. The molecule has 0 amide bonds. The Kier molecular flexibility index (Phi) is 6.00. The fourth-order valence-corrected chi connectivity index (χ4v) is 2.18. The highest BCUT2D eigenvalue weighted by Gasteiger charge is 2.17. The van der Waals surface area contributed by atoms with Crippen molar-refractivity contribution in [1.82, 2.24) is 0 Å². The van der Waals surface area contributed by atoms with Gasteiger partial charge in [-0.2, -0.15) is 0 Å². The maximum Gasteiger partial charge on any atom is -0.0245 e. The van der Waals surface area contributed by atoms with Crippen LogP contribution < -0.4 is 0 Å². The van der Waals surface area contributed by atoms with Crippen LogP contribution in [0.15, 0.2) is 48.6 Å². The van der Waals surface area contributed by atoms with Gasteiger partial charge in [0.2, 0.25) is 0 Å². The molecule has 0 bridgehead atoms. The zero-order chi connectivity index (χ0) is 10.6. The van der Waals surface area contributed by atoms with Gasteiger partial charge in [0, 0.05) is 0 Å². The van der Waals surface area contributed by atoms with Crippen molar-refractivity contribution in [3.05, 3.63) is 48.6 Å². The lowest BCUT2D eigenvalue weighted by Gasteiger charge is -2.24. The summed E-state index contributed by atoms with van der Waals surface area (Å²) in [5.74, 6) is 0.768. The van der Waals surface area contributed by atoms with Gasteiger partial charge < -0.3 is 0 Å². The lowest BCUT2D eigenvalue weighted by atomic mass is 9.81. The number of rotatable bonds is 4. The Morgan fingerprint density at radius 3 is 2.40 bits per heavy atom. The highest BCUT2D eigenvalue weighted by molar-refractivity contribution is 5.33. The summed E-state index contributed by atoms with van der Waals surface area (Å²) in [5.41, 5.74) is 4.07. The Balaban J connectivity index is 0.00000196. The molecule has 0 radical (unpaired) electrons. The lowest BCUT2D eigenvalue weighted by molar-refractivity contribution is 0.460. The number of hydrogen-bond donors (Lipinski definition) is 0. The minimum Gasteiger partial charge on any atom is -0.100 e. The maximum atomic E-state index is 3.98. The van der Waals surface area contributed by atoms with Crippen LogP contribution in [0.3, 0.4) is 0 Å². The SMILES string of the molecule is C.C=CC1=C(C=C)CC(CC(=C)C)CC1. The summed E-state index contributed by atoms with van der Waals surface area (Å²) >= 11 is 0. The molecule has 0 aromatic carbocycles. The third-order valence-electron chi connectivity index (χ3n) is 2.87. The van der Waals surface area contributed by atoms with Crippen LogP contribution >= 0.6 is 0 Å². The molecule has 0 aromatic heterocycles. The molecule has 0 heterocycles. The molecule has 1 unspecified atom stereocenters. The lowest BCUT2D eigenvalue weighted by Crippen LogP contribution is -2.09. The third kappa shape index (κ3) is 3.91. The van der Waals surface area contributed by atoms with Gasteiger partial charge in [-0.3, -0.25) is 0 Å². The van der Waals surface area contributed by atoms with Gasteiger partial charge in [-0.05, 0) is 49.7 Å². The minimum absolute atomic E-state index is 0. The molecule has 0 saturated heterocycles. The molecule has 1 rings (SSSR count). The van der Waals surface area contributed by atoms with E-state index in [0.29, 0.717) is 0 Å². The van der Waals surface area contributed by atoms with Gasteiger partial charge in [-0.15, -0.1) is 6.58 Å². The van der Waals surface area contributed by atoms with Crippen molar-refractivity contribution in [2.75, 3.05) is 0 Å². The van der Waals surface area contributed by atoms with E-state index >= 15 is 0 Å². The van der Waals surface area contributed by atoms with Crippen molar-refractivity contribution in [3.8, 4) is 0 Å². The van der Waals surface area contributed by atoms with Crippen LogP contribution in [-0.2, 0) is 0 Å². The average Bonchev–Trinajstić information content (AvgIpc) is 2.16. The zero-order valence-electron chi connectivity index (χ0n) is 9.18. The fourth-order valence-electron chi connectivity index (χ4n) is 2.18. The monoisotopic (exact) mass is 204 g/mol. The fraction of sp³-hybridized carbons (Fsp3) is 0.467. The predicted molar refractivity (Wildman–Crippen MR) is 70.9 cm³/mol. The van der Waals surface area contributed by atoms with Crippen molar-refractivity contribution < 1.29 is 0 Å². The largest absolute Gasteiger partial charge is 0.100 e. The smallest absolute Gasteiger partial charge is 0.0245 e. The molecule has 84 valence electrons. The van der Waals surface area contributed by atoms with Gasteiger partial charge in [0.15, 0.2) is 0 Å². The van der Waals surface area contributed by atoms with Crippen molar-refractivity contribution in [1.29, 1.82) is 0 Å². The molecule has 0 N–H and O–H groups in total. The summed E-state index contributed by atoms with van der Waals surface area (Å²) < 4.78 is 0. The molecule has 0 nitrogen and oxygen atoms in total. The summed E-state index contributed by atoms with van der Waals surface area (Å²) in [4.78, 5) is 0. The van der Waals surface area contributed by atoms with E-state index in [1.165, 1.54) is 23.1 Å². The van der Waals surface area contributed by atoms with E-state index < -0.39 is 0 Å². The Morgan fingerprint density at radius 1 is 1.33 bits per heavy atom. The van der Waals surface area contributed by atoms with E-state index in [-0.39, 0.29) is 7.43 Å². The van der Waals surface area contributed by atoms with Gasteiger partial charge in [0.1, 0.15) is 0 Å². The molecular formula is C15H24. The van der Waals surface area contributed by atoms with Crippen LogP contribution in [0.5, 0.6) is 0 Å². The topological polar surface area (TPSA) is 0 Å². The highest BCUT2D eigenvalue weighted by atomic mass is 14.2. The second-order valence-corrected chi connectivity index (χ2v) is 4.23. The van der Waals surface area contributed by atoms with E-state index in [4.69, 9.17) is 0 Å². The van der Waals surface area contributed by atoms with Crippen molar-refractivity contribution >= 4 is 0 Å². The van der Waals surface area contributed by atoms with Gasteiger partial charge in [0.25, 0.3) is 0 Å². The highest BCUT2D eigenvalue weighted by Crippen LogP contribution is 2.33. The zero-order valence-corrected chi connectivity index (χ0v) is 9.18. The normalized spacial score (nSPS) is 20.5. The Hall–Kier alpha value is -1.04. The van der Waals surface area contributed by atoms with Crippen LogP contribution in [0.4, 0.5) is 0 Å². The summed E-state index contributed by atoms with van der Waals surface area (Å²) in [6.45, 7) is 13.8. The van der Waals surface area contributed by atoms with Crippen LogP contribution in [0.2, 0.25) is 0 Å². The summed E-state index contributed by atoms with van der Waals surface area (Å²) in [7, 11) is 0. The third-order valence-corrected chi connectivity index (χ3v) is 2.87. The van der Waals surface area contributed by atoms with E-state index in [0.717, 1.165) is 25.2 Å². The molecule has 0 heteroatoms. The van der Waals surface area contributed by atoms with Crippen LogP contribution in [0.25, 0.3) is 0 Å². The molecular weight excluding hydrogens is 180 g/mol. The first-order chi connectivity index (χ1) is 6.67. The van der Waals surface area contributed by atoms with Crippen molar-refractivity contribution in [2.45, 2.75) is 40.0 Å². The Bertz CT molecular complexity index is 278. The van der Waals surface area contributed by atoms with Gasteiger partial charge in [-0.1, -0.05) is 38.3 Å². The Labute approximate surface area is 95.1 Å². The van der Waals surface area contributed by atoms with Gasteiger partial charge >= 0.3 is 0 Å². The molecule has 15 heavy (non-hydrogen) atoms. The second kappa shape index (κ2) is 6.44.